The number of nitrogens with one attached hydrogen (secondary N) is 1. The minimum absolute atomic E-state index is 0.0734. The van der Waals surface area contributed by atoms with E-state index in [-0.39, 0.29) is 16.7 Å². The SMILES string of the molecule is COc1cc(CNC(=O)C2CSC3(C)CCC(=O)N23)ccc1OCc1ccccc1. The Balaban J connectivity index is 1.37. The maximum absolute atomic E-state index is 12.8. The molecule has 4 rings (SSSR count). The van der Waals surface area contributed by atoms with E-state index in [9.17, 15) is 9.59 Å². The minimum Gasteiger partial charge on any atom is -0.493 e. The van der Waals surface area contributed by atoms with Gasteiger partial charge in [-0.2, -0.15) is 0 Å². The van der Waals surface area contributed by atoms with Crippen LogP contribution in [0.25, 0.3) is 0 Å². The van der Waals surface area contributed by atoms with Crippen molar-refractivity contribution in [2.75, 3.05) is 12.9 Å². The Kier molecular flexibility index (Phi) is 5.90. The first-order valence-electron chi connectivity index (χ1n) is 10.1. The van der Waals surface area contributed by atoms with E-state index in [1.165, 1.54) is 0 Å². The van der Waals surface area contributed by atoms with Crippen LogP contribution in [-0.2, 0) is 22.7 Å². The summed E-state index contributed by atoms with van der Waals surface area (Å²) >= 11 is 1.70. The Bertz CT molecular complexity index is 936. The summed E-state index contributed by atoms with van der Waals surface area (Å²) in [6, 6.07) is 15.2. The lowest BCUT2D eigenvalue weighted by Gasteiger charge is -2.29. The van der Waals surface area contributed by atoms with E-state index in [0.717, 1.165) is 17.5 Å². The summed E-state index contributed by atoms with van der Waals surface area (Å²) in [6.07, 6.45) is 1.33. The fourth-order valence-electron chi connectivity index (χ4n) is 4.00. The average molecular weight is 427 g/mol. The van der Waals surface area contributed by atoms with Crippen molar-refractivity contribution in [3.8, 4) is 11.5 Å². The largest absolute Gasteiger partial charge is 0.493 e. The second-order valence-electron chi connectivity index (χ2n) is 7.74. The zero-order chi connectivity index (χ0) is 21.1. The quantitative estimate of drug-likeness (QED) is 0.736. The third-order valence-corrected chi connectivity index (χ3v) is 7.18. The van der Waals surface area contributed by atoms with Crippen molar-refractivity contribution < 1.29 is 19.1 Å². The summed E-state index contributed by atoms with van der Waals surface area (Å²) in [7, 11) is 1.60. The molecule has 2 fully saturated rings. The van der Waals surface area contributed by atoms with Gasteiger partial charge in [-0.05, 0) is 36.6 Å². The second-order valence-corrected chi connectivity index (χ2v) is 9.24. The number of amides is 2. The molecule has 1 N–H and O–H groups in total. The molecule has 0 bridgehead atoms. The van der Waals surface area contributed by atoms with Gasteiger partial charge in [-0.3, -0.25) is 9.59 Å². The Morgan fingerprint density at radius 2 is 2.00 bits per heavy atom. The summed E-state index contributed by atoms with van der Waals surface area (Å²) in [5.41, 5.74) is 1.99. The predicted octanol–water partition coefficient (Wildman–Crippen LogP) is 3.34. The van der Waals surface area contributed by atoms with Crippen LogP contribution >= 0.6 is 11.8 Å². The highest BCUT2D eigenvalue weighted by atomic mass is 32.2. The molecule has 0 saturated carbocycles. The van der Waals surface area contributed by atoms with Gasteiger partial charge in [0.1, 0.15) is 12.6 Å². The van der Waals surface area contributed by atoms with Crippen LogP contribution in [0, 0.1) is 0 Å². The highest BCUT2D eigenvalue weighted by molar-refractivity contribution is 8.01. The maximum atomic E-state index is 12.8. The molecule has 2 heterocycles. The van der Waals surface area contributed by atoms with Gasteiger partial charge in [-0.25, -0.2) is 0 Å². The molecule has 2 amide bonds. The van der Waals surface area contributed by atoms with Gasteiger partial charge < -0.3 is 19.7 Å². The van der Waals surface area contributed by atoms with Crippen LogP contribution < -0.4 is 14.8 Å². The molecule has 2 unspecified atom stereocenters. The number of benzene rings is 2. The van der Waals surface area contributed by atoms with E-state index in [1.54, 1.807) is 23.8 Å². The fraction of sp³-hybridized carbons (Fsp3) is 0.391. The summed E-state index contributed by atoms with van der Waals surface area (Å²) in [6.45, 7) is 2.87. The zero-order valence-corrected chi connectivity index (χ0v) is 18.0. The van der Waals surface area contributed by atoms with Crippen LogP contribution in [0.5, 0.6) is 11.5 Å². The molecule has 0 radical (unpaired) electrons. The molecular formula is C23H26N2O4S. The molecule has 30 heavy (non-hydrogen) atoms. The van der Waals surface area contributed by atoms with Crippen LogP contribution in [0.4, 0.5) is 0 Å². The first kappa shape index (κ1) is 20.6. The Morgan fingerprint density at radius 1 is 1.20 bits per heavy atom. The van der Waals surface area contributed by atoms with Crippen LogP contribution in [-0.4, -0.2) is 40.5 Å². The van der Waals surface area contributed by atoms with Crippen LogP contribution in [0.3, 0.4) is 0 Å². The highest BCUT2D eigenvalue weighted by Gasteiger charge is 2.52. The molecule has 2 atom stereocenters. The minimum atomic E-state index is -0.398. The van der Waals surface area contributed by atoms with Crippen LogP contribution in [0.15, 0.2) is 48.5 Å². The first-order valence-corrected chi connectivity index (χ1v) is 11.1. The third kappa shape index (κ3) is 4.12. The molecule has 0 aliphatic carbocycles. The number of thioether (sulfide) groups is 1. The van der Waals surface area contributed by atoms with Crippen molar-refractivity contribution in [2.45, 2.75) is 43.8 Å². The molecule has 158 valence electrons. The number of fused-ring (bicyclic) bond motifs is 1. The molecular weight excluding hydrogens is 400 g/mol. The van der Waals surface area contributed by atoms with Crippen molar-refractivity contribution >= 4 is 23.6 Å². The van der Waals surface area contributed by atoms with Crippen LogP contribution in [0.2, 0.25) is 0 Å². The number of ether oxygens (including phenoxy) is 2. The number of hydrogen-bond donors (Lipinski definition) is 1. The molecule has 2 aliphatic heterocycles. The summed E-state index contributed by atoms with van der Waals surface area (Å²) in [4.78, 5) is 26.5. The molecule has 2 aromatic rings. The maximum Gasteiger partial charge on any atom is 0.243 e. The number of hydrogen-bond acceptors (Lipinski definition) is 5. The highest BCUT2D eigenvalue weighted by Crippen LogP contribution is 2.47. The second kappa shape index (κ2) is 8.60. The molecule has 0 aromatic heterocycles. The topological polar surface area (TPSA) is 67.9 Å². The number of methoxy groups -OCH3 is 1. The van der Waals surface area contributed by atoms with Gasteiger partial charge >= 0.3 is 0 Å². The monoisotopic (exact) mass is 426 g/mol. The van der Waals surface area contributed by atoms with Gasteiger partial charge in [0.2, 0.25) is 11.8 Å². The predicted molar refractivity (Wildman–Crippen MR) is 116 cm³/mol. The first-order chi connectivity index (χ1) is 14.5. The lowest BCUT2D eigenvalue weighted by Crippen LogP contribution is -2.49. The van der Waals surface area contributed by atoms with Gasteiger partial charge in [0.25, 0.3) is 0 Å². The molecule has 2 aliphatic rings. The molecule has 2 saturated heterocycles. The summed E-state index contributed by atoms with van der Waals surface area (Å²) in [5, 5.41) is 2.98. The van der Waals surface area contributed by atoms with Crippen molar-refractivity contribution in [2.24, 2.45) is 0 Å². The van der Waals surface area contributed by atoms with E-state index < -0.39 is 6.04 Å². The van der Waals surface area contributed by atoms with Gasteiger partial charge in [-0.1, -0.05) is 36.4 Å². The normalized spacial score (nSPS) is 22.7. The number of rotatable bonds is 7. The van der Waals surface area contributed by atoms with E-state index in [2.05, 4.69) is 12.2 Å². The molecule has 7 heteroatoms. The molecule has 2 aromatic carbocycles. The summed E-state index contributed by atoms with van der Waals surface area (Å²) < 4.78 is 11.4. The van der Waals surface area contributed by atoms with Crippen LogP contribution in [0.1, 0.15) is 30.9 Å². The fourth-order valence-corrected chi connectivity index (χ4v) is 5.43. The van der Waals surface area contributed by atoms with Crippen molar-refractivity contribution in [3.63, 3.8) is 0 Å². The smallest absolute Gasteiger partial charge is 0.243 e. The molecule has 6 nitrogen and oxygen atoms in total. The zero-order valence-electron chi connectivity index (χ0n) is 17.2. The van der Waals surface area contributed by atoms with Gasteiger partial charge in [0.05, 0.1) is 12.0 Å². The van der Waals surface area contributed by atoms with Gasteiger partial charge in [0.15, 0.2) is 11.5 Å². The Labute approximate surface area is 180 Å². The Hall–Kier alpha value is -2.67. The van der Waals surface area contributed by atoms with Gasteiger partial charge in [-0.15, -0.1) is 11.8 Å². The lowest BCUT2D eigenvalue weighted by atomic mass is 10.1. The standard InChI is InChI=1S/C23H26N2O4S/c1-23-11-10-21(26)25(23)18(15-30-23)22(27)24-13-17-8-9-19(20(12-17)28-2)29-14-16-6-4-3-5-7-16/h3-9,12,18H,10-11,13-15H2,1-2H3,(H,24,27). The number of carbonyl (C=O) groups excluding carboxylic acids is 2. The van der Waals surface area contributed by atoms with E-state index in [0.29, 0.717) is 36.8 Å². The Morgan fingerprint density at radius 3 is 2.77 bits per heavy atom. The molecule has 0 spiro atoms. The van der Waals surface area contributed by atoms with E-state index in [1.807, 2.05) is 48.5 Å². The van der Waals surface area contributed by atoms with Crippen molar-refractivity contribution in [1.82, 2.24) is 10.2 Å². The number of carbonyl (C=O) groups is 2. The number of nitrogens with zero attached hydrogens (tertiary/aromatic N) is 1. The van der Waals surface area contributed by atoms with Gasteiger partial charge in [0, 0.05) is 18.7 Å². The average Bonchev–Trinajstić information content (AvgIpc) is 3.27. The van der Waals surface area contributed by atoms with E-state index >= 15 is 0 Å². The lowest BCUT2D eigenvalue weighted by molar-refractivity contribution is -0.138. The van der Waals surface area contributed by atoms with E-state index in [4.69, 9.17) is 9.47 Å². The van der Waals surface area contributed by atoms with Crippen molar-refractivity contribution in [3.05, 3.63) is 59.7 Å². The van der Waals surface area contributed by atoms with Crippen molar-refractivity contribution in [1.29, 1.82) is 0 Å². The third-order valence-electron chi connectivity index (χ3n) is 5.68. The summed E-state index contributed by atoms with van der Waals surface area (Å²) in [5.74, 6) is 1.89.